The molecule has 5 heteroatoms. The first-order chi connectivity index (χ1) is 12.2. The van der Waals surface area contributed by atoms with E-state index in [1.165, 1.54) is 0 Å². The molecule has 0 unspecified atom stereocenters. The molecule has 0 bridgehead atoms. The normalized spacial score (nSPS) is 15.8. The molecule has 2 aromatic rings. The number of rotatable bonds is 5. The average Bonchev–Trinajstić information content (AvgIpc) is 2.68. The lowest BCUT2D eigenvalue weighted by molar-refractivity contribution is -0.132. The van der Waals surface area contributed by atoms with E-state index < -0.39 is 6.04 Å². The zero-order valence-corrected chi connectivity index (χ0v) is 14.6. The summed E-state index contributed by atoms with van der Waals surface area (Å²) in [5, 5.41) is 0. The lowest BCUT2D eigenvalue weighted by Crippen LogP contribution is -2.53. The lowest BCUT2D eigenvalue weighted by atomic mass is 10.1. The maximum Gasteiger partial charge on any atom is 0.239 e. The van der Waals surface area contributed by atoms with Gasteiger partial charge in [0.05, 0.1) is 13.2 Å². The van der Waals surface area contributed by atoms with Gasteiger partial charge in [0.2, 0.25) is 5.91 Å². The first-order valence-electron chi connectivity index (χ1n) is 8.64. The van der Waals surface area contributed by atoms with E-state index in [2.05, 4.69) is 11.0 Å². The molecular formula is C20H25N3O2. The van der Waals surface area contributed by atoms with Gasteiger partial charge in [-0.25, -0.2) is 0 Å². The summed E-state index contributed by atoms with van der Waals surface area (Å²) >= 11 is 0. The summed E-state index contributed by atoms with van der Waals surface area (Å²) in [7, 11) is 1.67. The van der Waals surface area contributed by atoms with Crippen molar-refractivity contribution in [1.82, 2.24) is 4.90 Å². The molecule has 1 aliphatic heterocycles. The molecule has 1 fully saturated rings. The largest absolute Gasteiger partial charge is 0.497 e. The number of nitrogens with two attached hydrogens (primary N) is 1. The van der Waals surface area contributed by atoms with Crippen LogP contribution in [0.15, 0.2) is 54.6 Å². The van der Waals surface area contributed by atoms with Crippen LogP contribution in [-0.4, -0.2) is 50.1 Å². The molecule has 1 aliphatic rings. The lowest BCUT2D eigenvalue weighted by Gasteiger charge is -2.37. The Morgan fingerprint density at radius 3 is 2.48 bits per heavy atom. The zero-order valence-electron chi connectivity index (χ0n) is 14.6. The Labute approximate surface area is 149 Å². The van der Waals surface area contributed by atoms with Crippen LogP contribution in [0.3, 0.4) is 0 Å². The van der Waals surface area contributed by atoms with Gasteiger partial charge in [0, 0.05) is 37.9 Å². The predicted octanol–water partition coefficient (Wildman–Crippen LogP) is 1.91. The van der Waals surface area contributed by atoms with E-state index in [0.717, 1.165) is 30.1 Å². The highest BCUT2D eigenvalue weighted by atomic mass is 16.5. The van der Waals surface area contributed by atoms with Crippen molar-refractivity contribution in [3.05, 3.63) is 60.2 Å². The van der Waals surface area contributed by atoms with Gasteiger partial charge in [0.15, 0.2) is 0 Å². The van der Waals surface area contributed by atoms with Crippen LogP contribution in [0.2, 0.25) is 0 Å². The summed E-state index contributed by atoms with van der Waals surface area (Å²) in [6.45, 7) is 2.99. The summed E-state index contributed by atoms with van der Waals surface area (Å²) in [6, 6.07) is 17.5. The van der Waals surface area contributed by atoms with E-state index in [4.69, 9.17) is 10.5 Å². The van der Waals surface area contributed by atoms with E-state index >= 15 is 0 Å². The molecule has 0 spiro atoms. The van der Waals surface area contributed by atoms with Crippen LogP contribution in [0.25, 0.3) is 0 Å². The van der Waals surface area contributed by atoms with Crippen LogP contribution in [-0.2, 0) is 11.2 Å². The highest BCUT2D eigenvalue weighted by Gasteiger charge is 2.25. The van der Waals surface area contributed by atoms with Crippen molar-refractivity contribution in [2.24, 2.45) is 5.73 Å². The Hall–Kier alpha value is -2.53. The Bertz CT molecular complexity index is 697. The molecule has 1 heterocycles. The minimum Gasteiger partial charge on any atom is -0.497 e. The Kier molecular flexibility index (Phi) is 5.56. The number of hydrogen-bond donors (Lipinski definition) is 1. The second kappa shape index (κ2) is 8.03. The summed E-state index contributed by atoms with van der Waals surface area (Å²) in [5.74, 6) is 0.884. The fourth-order valence-electron chi connectivity index (χ4n) is 3.18. The Balaban J connectivity index is 1.55. The number of nitrogens with zero attached hydrogens (tertiary/aromatic N) is 2. The summed E-state index contributed by atoms with van der Waals surface area (Å²) in [5.41, 5.74) is 8.36. The van der Waals surface area contributed by atoms with E-state index in [0.29, 0.717) is 19.5 Å². The van der Waals surface area contributed by atoms with Gasteiger partial charge in [-0.2, -0.15) is 0 Å². The molecule has 0 radical (unpaired) electrons. The number of anilines is 1. The number of carbonyl (C=O) groups excluding carboxylic acids is 1. The molecule has 5 nitrogen and oxygen atoms in total. The molecule has 2 aromatic carbocycles. The Morgan fingerprint density at radius 1 is 1.08 bits per heavy atom. The molecule has 0 saturated carbocycles. The molecule has 0 aliphatic carbocycles. The predicted molar refractivity (Wildman–Crippen MR) is 99.9 cm³/mol. The fourth-order valence-corrected chi connectivity index (χ4v) is 3.18. The third-order valence-electron chi connectivity index (χ3n) is 4.63. The standard InChI is InChI=1S/C20H25N3O2/c1-25-18-9-5-8-17(15-18)22-10-12-23(13-11-22)20(24)19(21)14-16-6-3-2-4-7-16/h2-9,15,19H,10-14,21H2,1H3/t19-/m0/s1. The van der Waals surface area contributed by atoms with Crippen molar-refractivity contribution < 1.29 is 9.53 Å². The van der Waals surface area contributed by atoms with Gasteiger partial charge in [-0.1, -0.05) is 36.4 Å². The maximum absolute atomic E-state index is 12.6. The molecule has 1 saturated heterocycles. The van der Waals surface area contributed by atoms with Gasteiger partial charge in [-0.15, -0.1) is 0 Å². The smallest absolute Gasteiger partial charge is 0.239 e. The van der Waals surface area contributed by atoms with Gasteiger partial charge >= 0.3 is 0 Å². The van der Waals surface area contributed by atoms with Gasteiger partial charge < -0.3 is 20.3 Å². The number of methoxy groups -OCH3 is 1. The second-order valence-corrected chi connectivity index (χ2v) is 6.31. The van der Waals surface area contributed by atoms with Crippen molar-refractivity contribution in [3.8, 4) is 5.75 Å². The SMILES string of the molecule is COc1cccc(N2CCN(C(=O)[C@@H](N)Cc3ccccc3)CC2)c1. The molecular weight excluding hydrogens is 314 g/mol. The fraction of sp³-hybridized carbons (Fsp3) is 0.350. The van der Waals surface area contributed by atoms with Crippen LogP contribution >= 0.6 is 0 Å². The quantitative estimate of drug-likeness (QED) is 0.904. The zero-order chi connectivity index (χ0) is 17.6. The van der Waals surface area contributed by atoms with Gasteiger partial charge in [-0.05, 0) is 24.1 Å². The monoisotopic (exact) mass is 339 g/mol. The second-order valence-electron chi connectivity index (χ2n) is 6.31. The van der Waals surface area contributed by atoms with Gasteiger partial charge in [-0.3, -0.25) is 4.79 Å². The van der Waals surface area contributed by atoms with Crippen molar-refractivity contribution in [2.45, 2.75) is 12.5 Å². The molecule has 2 N–H and O–H groups in total. The number of piperazine rings is 1. The summed E-state index contributed by atoms with van der Waals surface area (Å²) in [6.07, 6.45) is 0.579. The van der Waals surface area contributed by atoms with Crippen LogP contribution in [0.5, 0.6) is 5.75 Å². The minimum absolute atomic E-state index is 0.0362. The van der Waals surface area contributed by atoms with Gasteiger partial charge in [0.1, 0.15) is 5.75 Å². The highest BCUT2D eigenvalue weighted by molar-refractivity contribution is 5.82. The minimum atomic E-state index is -0.481. The van der Waals surface area contributed by atoms with E-state index in [-0.39, 0.29) is 5.91 Å². The topological polar surface area (TPSA) is 58.8 Å². The first-order valence-corrected chi connectivity index (χ1v) is 8.64. The highest BCUT2D eigenvalue weighted by Crippen LogP contribution is 2.22. The van der Waals surface area contributed by atoms with E-state index in [9.17, 15) is 4.79 Å². The first kappa shape index (κ1) is 17.3. The molecule has 1 atom stereocenters. The Morgan fingerprint density at radius 2 is 1.80 bits per heavy atom. The molecule has 0 aromatic heterocycles. The van der Waals surface area contributed by atoms with E-state index in [1.807, 2.05) is 53.4 Å². The van der Waals surface area contributed by atoms with E-state index in [1.54, 1.807) is 7.11 Å². The number of ether oxygens (including phenoxy) is 1. The van der Waals surface area contributed by atoms with Crippen LogP contribution in [0.1, 0.15) is 5.56 Å². The number of hydrogen-bond acceptors (Lipinski definition) is 4. The van der Waals surface area contributed by atoms with Gasteiger partial charge in [0.25, 0.3) is 0 Å². The third kappa shape index (κ3) is 4.31. The molecule has 25 heavy (non-hydrogen) atoms. The molecule has 3 rings (SSSR count). The van der Waals surface area contributed by atoms with Crippen LogP contribution in [0.4, 0.5) is 5.69 Å². The third-order valence-corrected chi connectivity index (χ3v) is 4.63. The van der Waals surface area contributed by atoms with Crippen LogP contribution < -0.4 is 15.4 Å². The molecule has 1 amide bonds. The van der Waals surface area contributed by atoms with Crippen molar-refractivity contribution >= 4 is 11.6 Å². The van der Waals surface area contributed by atoms with Crippen LogP contribution in [0, 0.1) is 0 Å². The van der Waals surface area contributed by atoms with Crippen molar-refractivity contribution in [1.29, 1.82) is 0 Å². The van der Waals surface area contributed by atoms with Crippen molar-refractivity contribution in [3.63, 3.8) is 0 Å². The summed E-state index contributed by atoms with van der Waals surface area (Å²) in [4.78, 5) is 16.8. The average molecular weight is 339 g/mol. The molecule has 132 valence electrons. The number of benzene rings is 2. The summed E-state index contributed by atoms with van der Waals surface area (Å²) < 4.78 is 5.29. The number of amides is 1. The maximum atomic E-state index is 12.6. The van der Waals surface area contributed by atoms with Crippen molar-refractivity contribution in [2.75, 3.05) is 38.2 Å². The number of carbonyl (C=O) groups is 1.